The van der Waals surface area contributed by atoms with Crippen LogP contribution in [0.25, 0.3) is 10.9 Å². The number of benzene rings is 1. The highest BCUT2D eigenvalue weighted by atomic mass is 35.5. The SMILES string of the molecule is Cc1[nH]c2c(NCc3ccc(Cl)cc3)nc(C(=O)N3CCC3)cc2c1C. The van der Waals surface area contributed by atoms with Gasteiger partial charge < -0.3 is 15.2 Å². The first-order chi connectivity index (χ1) is 12.5. The standard InChI is InChI=1S/C20H21ClN4O/c1-12-13(2)23-18-16(12)10-17(20(26)25-8-3-9-25)24-19(18)22-11-14-4-6-15(21)7-5-14/h4-7,10,23H,3,8-9,11H2,1-2H3,(H,22,24). The van der Waals surface area contributed by atoms with E-state index in [2.05, 4.69) is 22.2 Å². The lowest BCUT2D eigenvalue weighted by Crippen LogP contribution is -2.42. The van der Waals surface area contributed by atoms with Crippen LogP contribution in [0.3, 0.4) is 0 Å². The average molecular weight is 369 g/mol. The van der Waals surface area contributed by atoms with Gasteiger partial charge in [0.1, 0.15) is 5.69 Å². The number of hydrogen-bond donors (Lipinski definition) is 2. The Morgan fingerprint density at radius 3 is 2.65 bits per heavy atom. The quantitative estimate of drug-likeness (QED) is 0.722. The highest BCUT2D eigenvalue weighted by molar-refractivity contribution is 6.30. The molecule has 6 heteroatoms. The van der Waals surface area contributed by atoms with Gasteiger partial charge in [0.25, 0.3) is 5.91 Å². The summed E-state index contributed by atoms with van der Waals surface area (Å²) in [5.41, 5.74) is 4.77. The molecule has 1 aromatic carbocycles. The Morgan fingerprint density at radius 2 is 2.00 bits per heavy atom. The van der Waals surface area contributed by atoms with E-state index in [1.54, 1.807) is 0 Å². The zero-order valence-electron chi connectivity index (χ0n) is 14.9. The molecule has 2 aromatic heterocycles. The highest BCUT2D eigenvalue weighted by Gasteiger charge is 2.24. The molecule has 0 bridgehead atoms. The van der Waals surface area contributed by atoms with Gasteiger partial charge in [-0.1, -0.05) is 23.7 Å². The predicted octanol–water partition coefficient (Wildman–Crippen LogP) is 4.29. The Labute approximate surface area is 157 Å². The molecule has 0 atom stereocenters. The number of hydrogen-bond acceptors (Lipinski definition) is 3. The Morgan fingerprint density at radius 1 is 1.27 bits per heavy atom. The summed E-state index contributed by atoms with van der Waals surface area (Å²) in [6.45, 7) is 6.34. The van der Waals surface area contributed by atoms with E-state index in [1.165, 1.54) is 0 Å². The van der Waals surface area contributed by atoms with Crippen molar-refractivity contribution in [2.24, 2.45) is 0 Å². The number of aromatic amines is 1. The molecule has 2 N–H and O–H groups in total. The third kappa shape index (κ3) is 3.03. The molecule has 1 aliphatic heterocycles. The fraction of sp³-hybridized carbons (Fsp3) is 0.300. The van der Waals surface area contributed by atoms with E-state index < -0.39 is 0 Å². The van der Waals surface area contributed by atoms with E-state index >= 15 is 0 Å². The first kappa shape index (κ1) is 16.9. The maximum atomic E-state index is 12.7. The van der Waals surface area contributed by atoms with Crippen LogP contribution in [0.4, 0.5) is 5.82 Å². The molecule has 134 valence electrons. The van der Waals surface area contributed by atoms with E-state index in [0.717, 1.165) is 47.2 Å². The molecule has 1 fully saturated rings. The Kier molecular flexibility index (Phi) is 4.32. The van der Waals surface area contributed by atoms with Crippen molar-refractivity contribution in [3.05, 3.63) is 57.9 Å². The van der Waals surface area contributed by atoms with Gasteiger partial charge in [-0.2, -0.15) is 0 Å². The van der Waals surface area contributed by atoms with Crippen molar-refractivity contribution in [1.82, 2.24) is 14.9 Å². The summed E-state index contributed by atoms with van der Waals surface area (Å²) in [4.78, 5) is 22.5. The minimum Gasteiger partial charge on any atom is -0.364 e. The first-order valence-electron chi connectivity index (χ1n) is 8.80. The van der Waals surface area contributed by atoms with Gasteiger partial charge in [-0.05, 0) is 49.6 Å². The number of carbonyl (C=O) groups excluding carboxylic acids is 1. The normalized spacial score (nSPS) is 13.7. The number of anilines is 1. The number of rotatable bonds is 4. The number of nitrogens with zero attached hydrogens (tertiary/aromatic N) is 2. The molecular weight excluding hydrogens is 348 g/mol. The summed E-state index contributed by atoms with van der Waals surface area (Å²) in [5.74, 6) is 0.712. The van der Waals surface area contributed by atoms with Gasteiger partial charge in [-0.25, -0.2) is 4.98 Å². The van der Waals surface area contributed by atoms with Crippen molar-refractivity contribution >= 4 is 34.2 Å². The Balaban J connectivity index is 1.70. The second-order valence-corrected chi connectivity index (χ2v) is 7.22. The van der Waals surface area contributed by atoms with Gasteiger partial charge >= 0.3 is 0 Å². The number of aromatic nitrogens is 2. The molecule has 1 amide bonds. The molecule has 1 saturated heterocycles. The maximum absolute atomic E-state index is 12.7. The molecule has 0 aliphatic carbocycles. The number of nitrogens with one attached hydrogen (secondary N) is 2. The van der Waals surface area contributed by atoms with Crippen LogP contribution in [-0.4, -0.2) is 33.9 Å². The van der Waals surface area contributed by atoms with Crippen molar-refractivity contribution < 1.29 is 4.79 Å². The first-order valence-corrected chi connectivity index (χ1v) is 9.18. The largest absolute Gasteiger partial charge is 0.364 e. The number of carbonyl (C=O) groups is 1. The van der Waals surface area contributed by atoms with Crippen LogP contribution < -0.4 is 5.32 Å². The van der Waals surface area contributed by atoms with E-state index in [0.29, 0.717) is 23.1 Å². The summed E-state index contributed by atoms with van der Waals surface area (Å²) >= 11 is 5.95. The fourth-order valence-electron chi connectivity index (χ4n) is 3.16. The Bertz CT molecular complexity index is 974. The predicted molar refractivity (Wildman–Crippen MR) is 105 cm³/mol. The second kappa shape index (κ2) is 6.65. The van der Waals surface area contributed by atoms with Crippen molar-refractivity contribution in [2.45, 2.75) is 26.8 Å². The molecular formula is C20H21ClN4O. The van der Waals surface area contributed by atoms with Gasteiger partial charge in [-0.3, -0.25) is 4.79 Å². The minimum atomic E-state index is 0.00551. The van der Waals surface area contributed by atoms with Crippen molar-refractivity contribution in [2.75, 3.05) is 18.4 Å². The summed E-state index contributed by atoms with van der Waals surface area (Å²) in [6, 6.07) is 9.60. The van der Waals surface area contributed by atoms with Crippen LogP contribution in [0.15, 0.2) is 30.3 Å². The van der Waals surface area contributed by atoms with E-state index in [-0.39, 0.29) is 5.91 Å². The molecule has 3 aromatic rings. The smallest absolute Gasteiger partial charge is 0.272 e. The van der Waals surface area contributed by atoms with Crippen LogP contribution in [0, 0.1) is 13.8 Å². The second-order valence-electron chi connectivity index (χ2n) is 6.78. The van der Waals surface area contributed by atoms with Gasteiger partial charge in [0.2, 0.25) is 0 Å². The summed E-state index contributed by atoms with van der Waals surface area (Å²) in [5, 5.41) is 5.13. The van der Waals surface area contributed by atoms with Crippen LogP contribution >= 0.6 is 11.6 Å². The molecule has 4 rings (SSSR count). The van der Waals surface area contributed by atoms with Gasteiger partial charge in [0.15, 0.2) is 5.82 Å². The van der Waals surface area contributed by atoms with E-state index in [9.17, 15) is 4.79 Å². The van der Waals surface area contributed by atoms with Crippen LogP contribution in [0.5, 0.6) is 0 Å². The Hall–Kier alpha value is -2.53. The zero-order chi connectivity index (χ0) is 18.3. The molecule has 0 unspecified atom stereocenters. The van der Waals surface area contributed by atoms with Crippen molar-refractivity contribution in [3.8, 4) is 0 Å². The molecule has 0 spiro atoms. The molecule has 3 heterocycles. The third-order valence-electron chi connectivity index (χ3n) is 5.03. The molecule has 1 aliphatic rings. The number of likely N-dealkylation sites (tertiary alicyclic amines) is 1. The monoisotopic (exact) mass is 368 g/mol. The average Bonchev–Trinajstić information content (AvgIpc) is 2.87. The number of pyridine rings is 1. The zero-order valence-corrected chi connectivity index (χ0v) is 15.7. The van der Waals surface area contributed by atoms with Gasteiger partial charge in [0, 0.05) is 35.7 Å². The van der Waals surface area contributed by atoms with Crippen molar-refractivity contribution in [1.29, 1.82) is 0 Å². The number of halogens is 1. The number of H-pyrrole nitrogens is 1. The third-order valence-corrected chi connectivity index (χ3v) is 5.29. The van der Waals surface area contributed by atoms with Gasteiger partial charge in [0.05, 0.1) is 5.52 Å². The molecule has 0 radical (unpaired) electrons. The minimum absolute atomic E-state index is 0.00551. The number of aryl methyl sites for hydroxylation is 2. The topological polar surface area (TPSA) is 61.0 Å². The molecule has 5 nitrogen and oxygen atoms in total. The number of amides is 1. The maximum Gasteiger partial charge on any atom is 0.272 e. The highest BCUT2D eigenvalue weighted by Crippen LogP contribution is 2.28. The molecule has 0 saturated carbocycles. The fourth-order valence-corrected chi connectivity index (χ4v) is 3.28. The van der Waals surface area contributed by atoms with Crippen LogP contribution in [0.2, 0.25) is 5.02 Å². The summed E-state index contributed by atoms with van der Waals surface area (Å²) in [6.07, 6.45) is 1.07. The summed E-state index contributed by atoms with van der Waals surface area (Å²) in [7, 11) is 0. The van der Waals surface area contributed by atoms with E-state index in [4.69, 9.17) is 11.6 Å². The van der Waals surface area contributed by atoms with Gasteiger partial charge in [-0.15, -0.1) is 0 Å². The van der Waals surface area contributed by atoms with Crippen LogP contribution in [0.1, 0.15) is 33.7 Å². The molecule has 26 heavy (non-hydrogen) atoms. The van der Waals surface area contributed by atoms with Crippen LogP contribution in [-0.2, 0) is 6.54 Å². The van der Waals surface area contributed by atoms with Crippen molar-refractivity contribution in [3.63, 3.8) is 0 Å². The van der Waals surface area contributed by atoms with E-state index in [1.807, 2.05) is 42.2 Å². The lowest BCUT2D eigenvalue weighted by Gasteiger charge is -2.30. The lowest BCUT2D eigenvalue weighted by molar-refractivity contribution is 0.0646. The lowest BCUT2D eigenvalue weighted by atomic mass is 10.1. The number of fused-ring (bicyclic) bond motifs is 1. The summed E-state index contributed by atoms with van der Waals surface area (Å²) < 4.78 is 0.